The first kappa shape index (κ1) is 16.6. The normalized spacial score (nSPS) is 11.0. The van der Waals surface area contributed by atoms with Crippen LogP contribution in [0, 0.1) is 9.39 Å². The Labute approximate surface area is 146 Å². The number of hydrogen-bond acceptors (Lipinski definition) is 3. The van der Waals surface area contributed by atoms with E-state index in [2.05, 4.69) is 67.7 Å². The van der Waals surface area contributed by atoms with Gasteiger partial charge in [0.25, 0.3) is 0 Å². The van der Waals surface area contributed by atoms with Crippen molar-refractivity contribution in [1.82, 2.24) is 9.97 Å². The summed E-state index contributed by atoms with van der Waals surface area (Å²) in [6, 6.07) is 4.94. The highest BCUT2D eigenvalue weighted by molar-refractivity contribution is 14.1. The molecule has 1 aromatic heterocycles. The molecule has 0 saturated carbocycles. The third kappa shape index (κ3) is 3.71. The Hall–Kier alpha value is -0.760. The van der Waals surface area contributed by atoms with Gasteiger partial charge in [-0.15, -0.1) is 0 Å². The summed E-state index contributed by atoms with van der Waals surface area (Å²) >= 11 is 5.42. The molecule has 3 nitrogen and oxygen atoms in total. The second kappa shape index (κ2) is 7.00. The Morgan fingerprint density at radius 3 is 2.62 bits per heavy atom. The monoisotopic (exact) mass is 463 g/mol. The molecule has 112 valence electrons. The first-order valence-electron chi connectivity index (χ1n) is 6.70. The maximum absolute atomic E-state index is 13.7. The molecule has 1 heterocycles. The van der Waals surface area contributed by atoms with Crippen LogP contribution in [0.3, 0.4) is 0 Å². The number of hydrogen-bond donors (Lipinski definition) is 1. The van der Waals surface area contributed by atoms with Crippen LogP contribution in [0.25, 0.3) is 11.4 Å². The molecule has 0 aliphatic carbocycles. The van der Waals surface area contributed by atoms with Crippen LogP contribution < -0.4 is 5.32 Å². The van der Waals surface area contributed by atoms with Crippen molar-refractivity contribution in [2.45, 2.75) is 26.7 Å². The lowest BCUT2D eigenvalue weighted by Crippen LogP contribution is -2.09. The smallest absolute Gasteiger partial charge is 0.161 e. The lowest BCUT2D eigenvalue weighted by Gasteiger charge is -2.14. The van der Waals surface area contributed by atoms with Crippen molar-refractivity contribution in [3.8, 4) is 11.4 Å². The summed E-state index contributed by atoms with van der Waals surface area (Å²) in [6.07, 6.45) is 0. The minimum absolute atomic E-state index is 0.274. The molecule has 21 heavy (non-hydrogen) atoms. The average molecular weight is 464 g/mol. The maximum atomic E-state index is 13.7. The molecule has 0 saturated heterocycles. The summed E-state index contributed by atoms with van der Waals surface area (Å²) in [5, 5.41) is 3.25. The highest BCUT2D eigenvalue weighted by Gasteiger charge is 2.16. The van der Waals surface area contributed by atoms with Gasteiger partial charge in [-0.05, 0) is 69.6 Å². The Bertz CT molecular complexity index is 662. The van der Waals surface area contributed by atoms with Gasteiger partial charge in [0.05, 0.1) is 13.7 Å². The van der Waals surface area contributed by atoms with Crippen LogP contribution in [-0.4, -0.2) is 16.5 Å². The fourth-order valence-electron chi connectivity index (χ4n) is 1.90. The Kier molecular flexibility index (Phi) is 5.54. The first-order chi connectivity index (χ1) is 9.93. The van der Waals surface area contributed by atoms with Crippen molar-refractivity contribution in [3.05, 3.63) is 37.8 Å². The Balaban J connectivity index is 2.59. The Morgan fingerprint density at radius 1 is 1.33 bits per heavy atom. The molecule has 0 atom stereocenters. The Morgan fingerprint density at radius 2 is 2.05 bits per heavy atom. The maximum Gasteiger partial charge on any atom is 0.161 e. The number of benzene rings is 1. The summed E-state index contributed by atoms with van der Waals surface area (Å²) in [4.78, 5) is 9.15. The molecule has 0 aliphatic heterocycles. The predicted octanol–water partition coefficient (Wildman–Crippen LogP) is 5.21. The van der Waals surface area contributed by atoms with Crippen molar-refractivity contribution in [3.63, 3.8) is 0 Å². The molecule has 0 unspecified atom stereocenters. The summed E-state index contributed by atoms with van der Waals surface area (Å²) in [5.41, 5.74) is 1.65. The van der Waals surface area contributed by atoms with Crippen LogP contribution in [-0.2, 0) is 0 Å². The fraction of sp³-hybridized carbons (Fsp3) is 0.333. The number of aromatic nitrogens is 2. The molecule has 2 aromatic rings. The van der Waals surface area contributed by atoms with Gasteiger partial charge in [0.15, 0.2) is 5.82 Å². The van der Waals surface area contributed by atoms with E-state index < -0.39 is 0 Å². The van der Waals surface area contributed by atoms with Crippen LogP contribution in [0.5, 0.6) is 0 Å². The van der Waals surface area contributed by atoms with Crippen molar-refractivity contribution in [2.75, 3.05) is 11.9 Å². The molecule has 2 rings (SSSR count). The minimum atomic E-state index is -0.314. The third-order valence-electron chi connectivity index (χ3n) is 2.95. The molecule has 0 aliphatic rings. The topological polar surface area (TPSA) is 37.8 Å². The van der Waals surface area contributed by atoms with Gasteiger partial charge in [0.2, 0.25) is 0 Å². The summed E-state index contributed by atoms with van der Waals surface area (Å²) < 4.78 is 15.2. The molecule has 0 fully saturated rings. The first-order valence-corrected chi connectivity index (χ1v) is 8.58. The van der Waals surface area contributed by atoms with E-state index in [9.17, 15) is 4.39 Å². The molecular weight excluding hydrogens is 448 g/mol. The van der Waals surface area contributed by atoms with E-state index in [1.807, 2.05) is 13.0 Å². The van der Waals surface area contributed by atoms with Gasteiger partial charge in [-0.25, -0.2) is 14.4 Å². The van der Waals surface area contributed by atoms with Gasteiger partial charge in [-0.3, -0.25) is 0 Å². The molecule has 1 aromatic carbocycles. The second-order valence-electron chi connectivity index (χ2n) is 4.91. The van der Waals surface area contributed by atoms with E-state index in [0.29, 0.717) is 15.9 Å². The van der Waals surface area contributed by atoms with E-state index in [1.165, 1.54) is 6.07 Å². The highest BCUT2D eigenvalue weighted by atomic mass is 127. The fourth-order valence-corrected chi connectivity index (χ4v) is 3.20. The van der Waals surface area contributed by atoms with Crippen LogP contribution in [0.2, 0.25) is 0 Å². The van der Waals surface area contributed by atoms with Gasteiger partial charge in [-0.2, -0.15) is 0 Å². The van der Waals surface area contributed by atoms with Gasteiger partial charge in [-0.1, -0.05) is 13.8 Å². The van der Waals surface area contributed by atoms with Crippen molar-refractivity contribution in [2.24, 2.45) is 0 Å². The molecule has 0 radical (unpaired) electrons. The second-order valence-corrected chi connectivity index (χ2v) is 6.84. The van der Waals surface area contributed by atoms with Crippen LogP contribution in [0.1, 0.15) is 32.4 Å². The van der Waals surface area contributed by atoms with Gasteiger partial charge >= 0.3 is 0 Å². The third-order valence-corrected chi connectivity index (χ3v) is 4.65. The molecule has 0 spiro atoms. The largest absolute Gasteiger partial charge is 0.369 e. The number of rotatable bonds is 4. The lowest BCUT2D eigenvalue weighted by molar-refractivity contribution is 0.621. The van der Waals surface area contributed by atoms with Crippen molar-refractivity contribution >= 4 is 44.3 Å². The number of halogens is 3. The molecule has 0 amide bonds. The van der Waals surface area contributed by atoms with Crippen molar-refractivity contribution in [1.29, 1.82) is 0 Å². The standard InChI is InChI=1S/C15H16BrFIN3/c1-4-19-15-12(18)13(8(2)3)20-14(21-15)9-5-6-10(16)11(17)7-9/h5-8H,4H2,1-3H3,(H,19,20,21). The lowest BCUT2D eigenvalue weighted by atomic mass is 10.1. The van der Waals surface area contributed by atoms with E-state index >= 15 is 0 Å². The van der Waals surface area contributed by atoms with Crippen LogP contribution >= 0.6 is 38.5 Å². The quantitative estimate of drug-likeness (QED) is 0.633. The summed E-state index contributed by atoms with van der Waals surface area (Å²) in [5.74, 6) is 1.30. The SMILES string of the molecule is CCNc1nc(-c2ccc(Br)c(F)c2)nc(C(C)C)c1I. The number of nitrogens with one attached hydrogen (secondary N) is 1. The van der Waals surface area contributed by atoms with E-state index in [1.54, 1.807) is 6.07 Å². The summed E-state index contributed by atoms with van der Waals surface area (Å²) in [7, 11) is 0. The predicted molar refractivity (Wildman–Crippen MR) is 96.1 cm³/mol. The summed E-state index contributed by atoms with van der Waals surface area (Å²) in [6.45, 7) is 6.98. The zero-order valence-electron chi connectivity index (χ0n) is 12.0. The zero-order valence-corrected chi connectivity index (χ0v) is 15.8. The molecular formula is C15H16BrFIN3. The van der Waals surface area contributed by atoms with E-state index in [4.69, 9.17) is 0 Å². The van der Waals surface area contributed by atoms with Crippen LogP contribution in [0.4, 0.5) is 10.2 Å². The highest BCUT2D eigenvalue weighted by Crippen LogP contribution is 2.29. The van der Waals surface area contributed by atoms with Gasteiger partial charge in [0.1, 0.15) is 11.6 Å². The van der Waals surface area contributed by atoms with Gasteiger partial charge in [0, 0.05) is 12.1 Å². The minimum Gasteiger partial charge on any atom is -0.369 e. The number of anilines is 1. The number of nitrogens with zero attached hydrogens (tertiary/aromatic N) is 2. The van der Waals surface area contributed by atoms with E-state index in [-0.39, 0.29) is 11.7 Å². The zero-order chi connectivity index (χ0) is 15.6. The molecule has 0 bridgehead atoms. The van der Waals surface area contributed by atoms with Crippen molar-refractivity contribution < 1.29 is 4.39 Å². The van der Waals surface area contributed by atoms with Crippen LogP contribution in [0.15, 0.2) is 22.7 Å². The average Bonchev–Trinajstić information content (AvgIpc) is 2.44. The van der Waals surface area contributed by atoms with E-state index in [0.717, 1.165) is 21.6 Å². The molecule has 6 heteroatoms. The molecule has 1 N–H and O–H groups in total. The van der Waals surface area contributed by atoms with Gasteiger partial charge < -0.3 is 5.32 Å².